The number of aromatic nitrogens is 5. The summed E-state index contributed by atoms with van der Waals surface area (Å²) >= 11 is 1.53. The Balaban J connectivity index is 0.00000176. The van der Waals surface area contributed by atoms with E-state index in [1.54, 1.807) is 10.9 Å². The van der Waals surface area contributed by atoms with Crippen LogP contribution in [-0.2, 0) is 13.5 Å². The molecule has 0 amide bonds. The summed E-state index contributed by atoms with van der Waals surface area (Å²) in [4.78, 5) is 8.92. The summed E-state index contributed by atoms with van der Waals surface area (Å²) in [7, 11) is 3.79. The van der Waals surface area contributed by atoms with Gasteiger partial charge in [-0.2, -0.15) is 10.1 Å². The van der Waals surface area contributed by atoms with E-state index in [1.807, 2.05) is 25.7 Å². The van der Waals surface area contributed by atoms with E-state index in [0.29, 0.717) is 23.5 Å². The molecule has 0 spiro atoms. The van der Waals surface area contributed by atoms with Crippen LogP contribution in [0.2, 0.25) is 0 Å². The summed E-state index contributed by atoms with van der Waals surface area (Å²) in [5.74, 6) is 1.14. The minimum absolute atomic E-state index is 0. The molecule has 0 aromatic carbocycles. The zero-order valence-corrected chi connectivity index (χ0v) is 14.1. The van der Waals surface area contributed by atoms with Crippen LogP contribution >= 0.6 is 23.7 Å². The Morgan fingerprint density at radius 1 is 1.41 bits per heavy atom. The molecule has 0 saturated heterocycles. The molecule has 0 fully saturated rings. The molecule has 0 radical (unpaired) electrons. The molecule has 0 bridgehead atoms. The third kappa shape index (κ3) is 3.52. The highest BCUT2D eigenvalue weighted by Gasteiger charge is 2.15. The first kappa shape index (κ1) is 16.6. The molecule has 0 aliphatic carbocycles. The van der Waals surface area contributed by atoms with Crippen LogP contribution in [0.15, 0.2) is 22.3 Å². The maximum atomic E-state index is 5.28. The molecule has 0 saturated carbocycles. The van der Waals surface area contributed by atoms with Gasteiger partial charge < -0.3 is 9.84 Å². The number of halogens is 1. The van der Waals surface area contributed by atoms with Crippen molar-refractivity contribution in [3.05, 3.63) is 23.6 Å². The van der Waals surface area contributed by atoms with E-state index in [-0.39, 0.29) is 12.4 Å². The standard InChI is InChI=1S/C13H16N6OS.ClH/c1-8(14-2)4-11-17-12(20-18-11)10-7-21-13(16-10)9-5-15-19(3)6-9;/h5-8,14H,4H2,1-3H3;1H. The minimum Gasteiger partial charge on any atom is -0.332 e. The van der Waals surface area contributed by atoms with E-state index < -0.39 is 0 Å². The molecule has 1 unspecified atom stereocenters. The maximum absolute atomic E-state index is 5.28. The average Bonchev–Trinajstić information content (AvgIpc) is 3.17. The van der Waals surface area contributed by atoms with Gasteiger partial charge in [0, 0.05) is 36.7 Å². The summed E-state index contributed by atoms with van der Waals surface area (Å²) in [6.07, 6.45) is 4.44. The second-order valence-electron chi connectivity index (χ2n) is 4.85. The van der Waals surface area contributed by atoms with Gasteiger partial charge in [-0.15, -0.1) is 23.7 Å². The van der Waals surface area contributed by atoms with Crippen molar-refractivity contribution in [2.24, 2.45) is 7.05 Å². The summed E-state index contributed by atoms with van der Waals surface area (Å²) in [5.41, 5.74) is 1.69. The van der Waals surface area contributed by atoms with Crippen LogP contribution in [-0.4, -0.2) is 38.0 Å². The van der Waals surface area contributed by atoms with Crippen LogP contribution in [0.3, 0.4) is 0 Å². The second-order valence-corrected chi connectivity index (χ2v) is 5.71. The molecular weight excluding hydrogens is 324 g/mol. The molecule has 3 heterocycles. The van der Waals surface area contributed by atoms with E-state index in [0.717, 1.165) is 17.0 Å². The fourth-order valence-electron chi connectivity index (χ4n) is 1.85. The highest BCUT2D eigenvalue weighted by molar-refractivity contribution is 7.13. The Hall–Kier alpha value is -1.77. The van der Waals surface area contributed by atoms with Crippen LogP contribution in [0, 0.1) is 0 Å². The Bertz CT molecular complexity index is 736. The molecule has 3 aromatic heterocycles. The Labute approximate surface area is 138 Å². The highest BCUT2D eigenvalue weighted by Crippen LogP contribution is 2.27. The van der Waals surface area contributed by atoms with Gasteiger partial charge in [0.1, 0.15) is 10.7 Å². The van der Waals surface area contributed by atoms with E-state index in [2.05, 4.69) is 32.5 Å². The lowest BCUT2D eigenvalue weighted by Gasteiger charge is -2.04. The molecule has 22 heavy (non-hydrogen) atoms. The van der Waals surface area contributed by atoms with Gasteiger partial charge in [-0.25, -0.2) is 4.98 Å². The Morgan fingerprint density at radius 3 is 2.91 bits per heavy atom. The maximum Gasteiger partial charge on any atom is 0.277 e. The number of nitrogens with zero attached hydrogens (tertiary/aromatic N) is 5. The second kappa shape index (κ2) is 6.99. The van der Waals surface area contributed by atoms with Gasteiger partial charge in [-0.1, -0.05) is 5.16 Å². The molecule has 1 atom stereocenters. The largest absolute Gasteiger partial charge is 0.332 e. The number of thiazole rings is 1. The van der Waals surface area contributed by atoms with Gasteiger partial charge in [0.2, 0.25) is 0 Å². The van der Waals surface area contributed by atoms with Crippen molar-refractivity contribution < 1.29 is 4.52 Å². The molecule has 7 nitrogen and oxygen atoms in total. The van der Waals surface area contributed by atoms with Crippen LogP contribution < -0.4 is 5.32 Å². The Kier molecular flexibility index (Phi) is 5.28. The third-order valence-corrected chi connectivity index (χ3v) is 4.02. The number of hydrogen-bond acceptors (Lipinski definition) is 7. The van der Waals surface area contributed by atoms with Crippen LogP contribution in [0.4, 0.5) is 0 Å². The van der Waals surface area contributed by atoms with Crippen LogP contribution in [0.1, 0.15) is 12.7 Å². The topological polar surface area (TPSA) is 81.7 Å². The van der Waals surface area contributed by atoms with E-state index in [4.69, 9.17) is 4.52 Å². The average molecular weight is 341 g/mol. The van der Waals surface area contributed by atoms with Crippen molar-refractivity contribution in [1.29, 1.82) is 0 Å². The van der Waals surface area contributed by atoms with Gasteiger partial charge in [-0.3, -0.25) is 4.68 Å². The zero-order chi connectivity index (χ0) is 14.8. The molecule has 9 heteroatoms. The number of rotatable bonds is 5. The number of hydrogen-bond donors (Lipinski definition) is 1. The normalized spacial score (nSPS) is 12.1. The molecule has 3 rings (SSSR count). The molecule has 118 valence electrons. The van der Waals surface area contributed by atoms with Crippen molar-refractivity contribution in [2.45, 2.75) is 19.4 Å². The van der Waals surface area contributed by atoms with Crippen molar-refractivity contribution >= 4 is 23.7 Å². The molecule has 3 aromatic rings. The van der Waals surface area contributed by atoms with Crippen molar-refractivity contribution in [3.63, 3.8) is 0 Å². The summed E-state index contributed by atoms with van der Waals surface area (Å²) in [6, 6.07) is 0.303. The smallest absolute Gasteiger partial charge is 0.277 e. The van der Waals surface area contributed by atoms with Gasteiger partial charge in [0.25, 0.3) is 5.89 Å². The predicted molar refractivity (Wildman–Crippen MR) is 87.1 cm³/mol. The van der Waals surface area contributed by atoms with E-state index >= 15 is 0 Å². The Morgan fingerprint density at radius 2 is 2.23 bits per heavy atom. The van der Waals surface area contributed by atoms with Gasteiger partial charge in [-0.05, 0) is 14.0 Å². The molecule has 1 N–H and O–H groups in total. The molecular formula is C13H17ClN6OS. The molecule has 0 aliphatic heterocycles. The first-order valence-electron chi connectivity index (χ1n) is 6.60. The summed E-state index contributed by atoms with van der Waals surface area (Å²) < 4.78 is 7.04. The van der Waals surface area contributed by atoms with Crippen molar-refractivity contribution in [3.8, 4) is 22.2 Å². The third-order valence-electron chi connectivity index (χ3n) is 3.12. The lowest BCUT2D eigenvalue weighted by atomic mass is 10.2. The van der Waals surface area contributed by atoms with E-state index in [1.165, 1.54) is 11.3 Å². The SMILES string of the molecule is CNC(C)Cc1noc(-c2csc(-c3cnn(C)c3)n2)n1.Cl. The number of likely N-dealkylation sites (N-methyl/N-ethyl adjacent to an activating group) is 1. The fourth-order valence-corrected chi connectivity index (χ4v) is 2.62. The number of nitrogens with one attached hydrogen (secondary N) is 1. The lowest BCUT2D eigenvalue weighted by Crippen LogP contribution is -2.24. The quantitative estimate of drug-likeness (QED) is 0.766. The lowest BCUT2D eigenvalue weighted by molar-refractivity contribution is 0.417. The fraction of sp³-hybridized carbons (Fsp3) is 0.385. The van der Waals surface area contributed by atoms with Gasteiger partial charge >= 0.3 is 0 Å². The first-order chi connectivity index (χ1) is 10.2. The zero-order valence-electron chi connectivity index (χ0n) is 12.5. The van der Waals surface area contributed by atoms with Crippen molar-refractivity contribution in [2.75, 3.05) is 7.05 Å². The van der Waals surface area contributed by atoms with Crippen LogP contribution in [0.5, 0.6) is 0 Å². The van der Waals surface area contributed by atoms with Crippen molar-refractivity contribution in [1.82, 2.24) is 30.2 Å². The van der Waals surface area contributed by atoms with Crippen LogP contribution in [0.25, 0.3) is 22.2 Å². The number of aryl methyl sites for hydroxylation is 1. The molecule has 0 aliphatic rings. The van der Waals surface area contributed by atoms with Gasteiger partial charge in [0.15, 0.2) is 5.82 Å². The first-order valence-corrected chi connectivity index (χ1v) is 7.48. The predicted octanol–water partition coefficient (Wildman–Crippen LogP) is 2.17. The monoisotopic (exact) mass is 340 g/mol. The van der Waals surface area contributed by atoms with Gasteiger partial charge in [0.05, 0.1) is 6.20 Å². The van der Waals surface area contributed by atoms with E-state index in [9.17, 15) is 0 Å². The highest BCUT2D eigenvalue weighted by atomic mass is 35.5. The summed E-state index contributed by atoms with van der Waals surface area (Å²) in [5, 5.41) is 14.1. The summed E-state index contributed by atoms with van der Waals surface area (Å²) in [6.45, 7) is 2.07. The minimum atomic E-state index is 0.